The van der Waals surface area contributed by atoms with E-state index in [0.717, 1.165) is 24.1 Å². The second-order valence-electron chi connectivity index (χ2n) is 7.90. The van der Waals surface area contributed by atoms with E-state index in [1.54, 1.807) is 13.0 Å². The Hall–Kier alpha value is -2.51. The lowest BCUT2D eigenvalue weighted by atomic mass is 9.76. The third kappa shape index (κ3) is 3.72. The van der Waals surface area contributed by atoms with Crippen molar-refractivity contribution in [2.75, 3.05) is 0 Å². The zero-order valence-corrected chi connectivity index (χ0v) is 16.9. The van der Waals surface area contributed by atoms with Crippen LogP contribution in [0.3, 0.4) is 0 Å². The smallest absolute Gasteiger partial charge is 0.279 e. The van der Waals surface area contributed by atoms with Crippen LogP contribution in [0.25, 0.3) is 10.2 Å². The van der Waals surface area contributed by atoms with Gasteiger partial charge in [-0.1, -0.05) is 29.5 Å². The van der Waals surface area contributed by atoms with Crippen LogP contribution in [0.4, 0.5) is 4.39 Å². The highest BCUT2D eigenvalue weighted by molar-refractivity contribution is 7.20. The number of amides is 1. The molecule has 3 aliphatic rings. The number of benzene rings is 2. The predicted molar refractivity (Wildman–Crippen MR) is 111 cm³/mol. The Morgan fingerprint density at radius 1 is 1.21 bits per heavy atom. The molecule has 1 N–H and O–H groups in total. The fourth-order valence-corrected chi connectivity index (χ4v) is 5.39. The van der Waals surface area contributed by atoms with Crippen molar-refractivity contribution in [1.29, 1.82) is 0 Å². The van der Waals surface area contributed by atoms with E-state index in [2.05, 4.69) is 27.3 Å². The Morgan fingerprint density at radius 2 is 1.97 bits per heavy atom. The number of aromatic nitrogens is 1. The van der Waals surface area contributed by atoms with Crippen LogP contribution in [-0.2, 0) is 11.3 Å². The number of thiazole rings is 1. The van der Waals surface area contributed by atoms with E-state index in [0.29, 0.717) is 34.6 Å². The molecule has 1 aromatic heterocycles. The minimum atomic E-state index is -0.329. The fourth-order valence-electron chi connectivity index (χ4n) is 4.54. The van der Waals surface area contributed by atoms with Crippen LogP contribution in [0.2, 0.25) is 0 Å². The van der Waals surface area contributed by atoms with E-state index in [1.165, 1.54) is 29.4 Å². The lowest BCUT2D eigenvalue weighted by Crippen LogP contribution is -2.63. The normalized spacial score (nSPS) is 23.6. The van der Waals surface area contributed by atoms with Gasteiger partial charge in [0.15, 0.2) is 0 Å². The first kappa shape index (κ1) is 18.5. The largest absolute Gasteiger partial charge is 0.431 e. The maximum absolute atomic E-state index is 13.8. The number of rotatable bonds is 5. The summed E-state index contributed by atoms with van der Waals surface area (Å²) in [5.74, 6) is 0.432. The Morgan fingerprint density at radius 3 is 2.66 bits per heavy atom. The van der Waals surface area contributed by atoms with Crippen molar-refractivity contribution in [3.05, 3.63) is 53.8 Å². The van der Waals surface area contributed by atoms with Gasteiger partial charge in [-0.2, -0.15) is 4.98 Å². The van der Waals surface area contributed by atoms with Gasteiger partial charge in [0.05, 0.1) is 4.70 Å². The lowest BCUT2D eigenvalue weighted by molar-refractivity contribution is -0.121. The van der Waals surface area contributed by atoms with Crippen LogP contribution in [0.1, 0.15) is 31.7 Å². The van der Waals surface area contributed by atoms with E-state index >= 15 is 0 Å². The van der Waals surface area contributed by atoms with Gasteiger partial charge in [-0.15, -0.1) is 0 Å². The van der Waals surface area contributed by atoms with Gasteiger partial charge in [0.25, 0.3) is 5.19 Å². The first-order valence-electron chi connectivity index (χ1n) is 9.90. The number of fused-ring (bicyclic) bond motifs is 3. The molecule has 3 heterocycles. The molecule has 2 bridgehead atoms. The number of nitrogens with zero attached hydrogens (tertiary/aromatic N) is 2. The average molecular weight is 412 g/mol. The molecule has 29 heavy (non-hydrogen) atoms. The minimum absolute atomic E-state index is 0.0642. The van der Waals surface area contributed by atoms with E-state index in [9.17, 15) is 9.18 Å². The highest BCUT2D eigenvalue weighted by Gasteiger charge is 2.45. The molecule has 0 radical (unpaired) electrons. The van der Waals surface area contributed by atoms with Crippen LogP contribution in [0, 0.1) is 5.82 Å². The number of halogens is 1. The number of piperidine rings is 1. The summed E-state index contributed by atoms with van der Waals surface area (Å²) in [7, 11) is 0. The van der Waals surface area contributed by atoms with Crippen molar-refractivity contribution >= 4 is 27.5 Å². The number of hydrogen-bond donors (Lipinski definition) is 1. The molecular formula is C22H22FN3O2S. The van der Waals surface area contributed by atoms with E-state index in [1.807, 2.05) is 18.2 Å². The van der Waals surface area contributed by atoms with E-state index in [-0.39, 0.29) is 11.7 Å². The van der Waals surface area contributed by atoms with E-state index in [4.69, 9.17) is 4.74 Å². The third-order valence-electron chi connectivity index (χ3n) is 5.85. The molecule has 3 atom stereocenters. The number of carbonyl (C=O) groups excluding carboxylic acids is 1. The highest BCUT2D eigenvalue weighted by atomic mass is 32.1. The molecule has 150 valence electrons. The van der Waals surface area contributed by atoms with Crippen LogP contribution in [-0.4, -0.2) is 33.9 Å². The molecule has 2 saturated heterocycles. The molecule has 2 aliphatic heterocycles. The van der Waals surface area contributed by atoms with Crippen molar-refractivity contribution in [2.45, 2.75) is 50.9 Å². The van der Waals surface area contributed by atoms with Crippen molar-refractivity contribution in [1.82, 2.24) is 15.2 Å². The molecule has 6 rings (SSSR count). The molecule has 1 amide bonds. The molecule has 1 aliphatic carbocycles. The van der Waals surface area contributed by atoms with Crippen LogP contribution >= 0.6 is 11.3 Å². The van der Waals surface area contributed by atoms with Crippen LogP contribution in [0.5, 0.6) is 10.9 Å². The van der Waals surface area contributed by atoms with Crippen LogP contribution in [0.15, 0.2) is 42.5 Å². The second kappa shape index (κ2) is 7.39. The Kier molecular flexibility index (Phi) is 4.72. The fraction of sp³-hybridized carbons (Fsp3) is 0.364. The summed E-state index contributed by atoms with van der Waals surface area (Å²) in [5, 5.41) is 3.50. The first-order chi connectivity index (χ1) is 14.0. The van der Waals surface area contributed by atoms with Gasteiger partial charge in [0.1, 0.15) is 17.1 Å². The predicted octanol–water partition coefficient (Wildman–Crippen LogP) is 4.47. The third-order valence-corrected chi connectivity index (χ3v) is 6.75. The zero-order valence-electron chi connectivity index (χ0n) is 16.1. The summed E-state index contributed by atoms with van der Waals surface area (Å²) < 4.78 is 20.4. The summed E-state index contributed by atoms with van der Waals surface area (Å²) in [6, 6.07) is 14.4. The maximum Gasteiger partial charge on any atom is 0.279 e. The van der Waals surface area contributed by atoms with Crippen molar-refractivity contribution in [3.8, 4) is 10.9 Å². The first-order valence-corrected chi connectivity index (χ1v) is 10.7. The molecule has 2 unspecified atom stereocenters. The monoisotopic (exact) mass is 411 g/mol. The number of para-hydroxylation sites is 1. The molecule has 0 spiro atoms. The Balaban J connectivity index is 1.21. The zero-order chi connectivity index (χ0) is 20.0. The summed E-state index contributed by atoms with van der Waals surface area (Å²) in [5.41, 5.74) is 1.59. The van der Waals surface area contributed by atoms with Gasteiger partial charge in [-0.05, 0) is 49.1 Å². The van der Waals surface area contributed by atoms with Gasteiger partial charge in [-0.3, -0.25) is 9.69 Å². The standard InChI is InChI=1S/C22H22FN3O2S/c1-13(27)24-15-9-16-11-17(10-15)26(16)12-14-5-7-18(8-6-14)28-22-25-21-19(23)3-2-4-20(21)29-22/h2-8,15-17H,9-12H2,1H3,(H,24,27)/t15?,16-,17?/m1/s1. The number of nitrogens with one attached hydrogen (secondary N) is 1. The second-order valence-corrected chi connectivity index (χ2v) is 8.89. The van der Waals surface area contributed by atoms with Gasteiger partial charge < -0.3 is 10.1 Å². The Bertz CT molecular complexity index is 1040. The van der Waals surface area contributed by atoms with Crippen molar-refractivity contribution in [3.63, 3.8) is 0 Å². The van der Waals surface area contributed by atoms with Crippen molar-refractivity contribution < 1.29 is 13.9 Å². The molecule has 2 aromatic carbocycles. The summed E-state index contributed by atoms with van der Waals surface area (Å²) >= 11 is 1.34. The quantitative estimate of drug-likeness (QED) is 0.673. The average Bonchev–Trinajstić information content (AvgIpc) is 3.11. The molecular weight excluding hydrogens is 389 g/mol. The van der Waals surface area contributed by atoms with Gasteiger partial charge >= 0.3 is 0 Å². The molecule has 7 heteroatoms. The number of carbonyl (C=O) groups is 1. The van der Waals surface area contributed by atoms with Crippen molar-refractivity contribution in [2.24, 2.45) is 0 Å². The summed E-state index contributed by atoms with van der Waals surface area (Å²) in [6.45, 7) is 2.50. The van der Waals surface area contributed by atoms with Crippen LogP contribution < -0.4 is 10.1 Å². The van der Waals surface area contributed by atoms with Gasteiger partial charge in [0.2, 0.25) is 5.91 Å². The Labute approximate surface area is 172 Å². The molecule has 3 aromatic rings. The topological polar surface area (TPSA) is 54.5 Å². The van der Waals surface area contributed by atoms with Gasteiger partial charge in [-0.25, -0.2) is 4.39 Å². The molecule has 1 saturated carbocycles. The van der Waals surface area contributed by atoms with Gasteiger partial charge in [0, 0.05) is 31.6 Å². The summed E-state index contributed by atoms with van der Waals surface area (Å²) in [6.07, 6.45) is 3.29. The molecule has 3 fully saturated rings. The van der Waals surface area contributed by atoms with E-state index < -0.39 is 0 Å². The SMILES string of the molecule is CC(=O)NC1CC2C[C@@H](C1)N2Cc1ccc(Oc2nc3c(F)cccc3s2)cc1. The maximum atomic E-state index is 13.8. The molecule has 5 nitrogen and oxygen atoms in total. The minimum Gasteiger partial charge on any atom is -0.431 e. The number of hydrogen-bond acceptors (Lipinski definition) is 5. The lowest BCUT2D eigenvalue weighted by Gasteiger charge is -2.55. The summed E-state index contributed by atoms with van der Waals surface area (Å²) in [4.78, 5) is 18.1. The number of ether oxygens (including phenoxy) is 1. The highest BCUT2D eigenvalue weighted by Crippen LogP contribution is 2.39.